The van der Waals surface area contributed by atoms with Crippen LogP contribution < -0.4 is 15.4 Å². The fraction of sp³-hybridized carbons (Fsp3) is 0.316. The molecule has 52 heavy (non-hydrogen) atoms. The van der Waals surface area contributed by atoms with Crippen LogP contribution in [-0.2, 0) is 26.2 Å². The first-order chi connectivity index (χ1) is 24.8. The highest BCUT2D eigenvalue weighted by Crippen LogP contribution is 2.61. The van der Waals surface area contributed by atoms with Crippen molar-refractivity contribution < 1.29 is 33.8 Å². The van der Waals surface area contributed by atoms with Crippen molar-refractivity contribution in [2.24, 2.45) is 47.8 Å². The Morgan fingerprint density at radius 3 is 2.60 bits per heavy atom. The molecule has 3 N–H and O–H groups in total. The van der Waals surface area contributed by atoms with E-state index in [0.717, 1.165) is 26.1 Å². The number of phenolic OH excluding ortho intramolecular Hbond substituents is 1. The van der Waals surface area contributed by atoms with Gasteiger partial charge in [0.05, 0.1) is 35.2 Å². The maximum Gasteiger partial charge on any atom is 0.328 e. The number of imide groups is 4. The molecule has 266 valence electrons. The zero-order chi connectivity index (χ0) is 37.0. The number of aryl methyl sites for hydroxylation is 2. The number of nitrogens with zero attached hydrogens (tertiary/aromatic N) is 4. The summed E-state index contributed by atoms with van der Waals surface area (Å²) in [5.74, 6) is -5.50. The topological polar surface area (TPSA) is 165 Å². The van der Waals surface area contributed by atoms with E-state index in [1.165, 1.54) is 22.8 Å². The Morgan fingerprint density at radius 1 is 1.10 bits per heavy atom. The molecule has 14 heteroatoms. The van der Waals surface area contributed by atoms with E-state index < -0.39 is 64.7 Å². The van der Waals surface area contributed by atoms with Crippen LogP contribution in [0.25, 0.3) is 26.7 Å². The molecule has 6 atom stereocenters. The first-order valence-corrected chi connectivity index (χ1v) is 18.0. The van der Waals surface area contributed by atoms with E-state index in [4.69, 9.17) is 27.2 Å². The van der Waals surface area contributed by atoms with Gasteiger partial charge in [0.15, 0.2) is 11.5 Å². The Morgan fingerprint density at radius 2 is 1.87 bits per heavy atom. The van der Waals surface area contributed by atoms with Gasteiger partial charge in [0.2, 0.25) is 23.6 Å². The molecular weight excluding hydrogens is 706 g/mol. The predicted molar refractivity (Wildman–Crippen MR) is 194 cm³/mol. The lowest BCUT2D eigenvalue weighted by atomic mass is 9.52. The van der Waals surface area contributed by atoms with Gasteiger partial charge in [0.1, 0.15) is 11.5 Å². The van der Waals surface area contributed by atoms with E-state index in [1.54, 1.807) is 49.6 Å². The van der Waals surface area contributed by atoms with Crippen molar-refractivity contribution in [3.05, 3.63) is 76.3 Å². The zero-order valence-corrected chi connectivity index (χ0v) is 30.2. The quantitative estimate of drug-likeness (QED) is 0.191. The number of amides is 6. The largest absolute Gasteiger partial charge is 0.504 e. The number of halogens is 1. The summed E-state index contributed by atoms with van der Waals surface area (Å²) >= 11 is 7.83. The number of aromatic hydroxyl groups is 1. The smallest absolute Gasteiger partial charge is 0.328 e. The minimum absolute atomic E-state index is 0.0359. The number of anilines is 1. The highest BCUT2D eigenvalue weighted by atomic mass is 35.5. The number of urea groups is 1. The molecule has 0 bridgehead atoms. The number of phenols is 1. The van der Waals surface area contributed by atoms with Crippen LogP contribution in [0, 0.1) is 41.9 Å². The molecule has 2 aliphatic heterocycles. The van der Waals surface area contributed by atoms with Crippen LogP contribution in [0.5, 0.6) is 11.5 Å². The number of methoxy groups -OCH3 is 1. The van der Waals surface area contributed by atoms with Crippen molar-refractivity contribution in [3.63, 3.8) is 0 Å². The second kappa shape index (κ2) is 11.9. The summed E-state index contributed by atoms with van der Waals surface area (Å²) in [6.07, 6.45) is 5.82. The van der Waals surface area contributed by atoms with Crippen LogP contribution in [0.15, 0.2) is 60.2 Å². The molecule has 6 amide bonds. The van der Waals surface area contributed by atoms with Crippen LogP contribution in [0.3, 0.4) is 0 Å². The van der Waals surface area contributed by atoms with Crippen molar-refractivity contribution in [1.29, 1.82) is 0 Å². The molecule has 3 fully saturated rings. The second-order valence-corrected chi connectivity index (χ2v) is 15.5. The van der Waals surface area contributed by atoms with Crippen molar-refractivity contribution >= 4 is 74.6 Å². The van der Waals surface area contributed by atoms with Gasteiger partial charge in [0.25, 0.3) is 0 Å². The third-order valence-corrected chi connectivity index (χ3v) is 13.0. The third kappa shape index (κ3) is 4.71. The summed E-state index contributed by atoms with van der Waals surface area (Å²) in [7, 11) is 3.13. The number of aromatic nitrogens is 2. The van der Waals surface area contributed by atoms with Crippen molar-refractivity contribution in [2.45, 2.75) is 26.7 Å². The molecular formula is C38H34ClN5O7S. The van der Waals surface area contributed by atoms with Crippen LogP contribution in [0.1, 0.15) is 30.9 Å². The average molecular weight is 740 g/mol. The molecule has 4 aromatic rings. The van der Waals surface area contributed by atoms with Gasteiger partial charge >= 0.3 is 6.03 Å². The van der Waals surface area contributed by atoms with Crippen LogP contribution >= 0.6 is 22.9 Å². The van der Waals surface area contributed by atoms with E-state index >= 15 is 0 Å². The van der Waals surface area contributed by atoms with E-state index in [0.29, 0.717) is 27.0 Å². The van der Waals surface area contributed by atoms with Crippen LogP contribution in [-0.4, -0.2) is 56.6 Å². The lowest BCUT2D eigenvalue weighted by Gasteiger charge is -2.47. The number of hydrogen-bond donors (Lipinski definition) is 2. The van der Waals surface area contributed by atoms with Crippen molar-refractivity contribution in [1.82, 2.24) is 14.7 Å². The summed E-state index contributed by atoms with van der Waals surface area (Å²) < 4.78 is 7.85. The number of carbonyl (C=O) groups excluding carboxylic acids is 5. The Labute approximate surface area is 307 Å². The minimum Gasteiger partial charge on any atom is -0.504 e. The zero-order valence-electron chi connectivity index (χ0n) is 28.6. The lowest BCUT2D eigenvalue weighted by molar-refractivity contribution is -0.136. The van der Waals surface area contributed by atoms with E-state index in [2.05, 4.69) is 0 Å². The van der Waals surface area contributed by atoms with Gasteiger partial charge < -0.3 is 15.6 Å². The number of likely N-dealkylation sites (tertiary alicyclic amines) is 1. The number of carbonyl (C=O) groups is 5. The fourth-order valence-corrected chi connectivity index (χ4v) is 10.2. The molecule has 0 spiro atoms. The Bertz CT molecular complexity index is 2340. The number of rotatable bonds is 5. The normalized spacial score (nSPS) is 27.0. The fourth-order valence-electron chi connectivity index (χ4n) is 8.87. The molecule has 2 aromatic heterocycles. The number of ether oxygens (including phenoxy) is 1. The highest BCUT2D eigenvalue weighted by molar-refractivity contribution is 7.22. The third-order valence-electron chi connectivity index (χ3n) is 11.5. The van der Waals surface area contributed by atoms with Gasteiger partial charge in [-0.2, -0.15) is 10.00 Å². The van der Waals surface area contributed by atoms with Gasteiger partial charge in [0, 0.05) is 28.8 Å². The van der Waals surface area contributed by atoms with Gasteiger partial charge in [-0.15, -0.1) is 11.3 Å². The number of nitrogens with two attached hydrogens (primary N) is 1. The molecule has 8 rings (SSSR count). The Balaban J connectivity index is 1.23. The number of primary amides is 1. The monoisotopic (exact) mass is 739 g/mol. The Hall–Kier alpha value is -5.27. The first kappa shape index (κ1) is 33.9. The SMILES string of the molecule is COc1cc(C=C[C@H]2C3=CC[C@@H]4C(=O)N(C(N)=O)C(=O)[C@@H]4[C@@H]3C[C@H]3C(=O)N(c4cc(-c5sc6ccc(Cl)cc6c5C)nn4C)C(=O)[C@@]23C)ccc1O. The number of allylic oxidation sites excluding steroid dienone is 3. The van der Waals surface area contributed by atoms with Crippen molar-refractivity contribution in [3.8, 4) is 22.1 Å². The predicted octanol–water partition coefficient (Wildman–Crippen LogP) is 5.83. The van der Waals surface area contributed by atoms with E-state index in [-0.39, 0.29) is 24.3 Å². The van der Waals surface area contributed by atoms with Gasteiger partial charge in [-0.25, -0.2) is 9.69 Å². The van der Waals surface area contributed by atoms with Gasteiger partial charge in [-0.1, -0.05) is 41.5 Å². The van der Waals surface area contributed by atoms with Crippen LogP contribution in [0.2, 0.25) is 5.02 Å². The molecule has 1 saturated carbocycles. The maximum atomic E-state index is 14.9. The first-order valence-electron chi connectivity index (χ1n) is 16.8. The van der Waals surface area contributed by atoms with Crippen LogP contribution in [0.4, 0.5) is 10.6 Å². The molecule has 2 aliphatic carbocycles. The molecule has 2 aromatic carbocycles. The number of benzene rings is 2. The average Bonchev–Trinajstić information content (AvgIpc) is 3.78. The molecule has 4 aliphatic rings. The molecule has 0 radical (unpaired) electrons. The summed E-state index contributed by atoms with van der Waals surface area (Å²) in [4.78, 5) is 71.3. The second-order valence-electron chi connectivity index (χ2n) is 14.1. The number of thiophene rings is 1. The molecule has 2 saturated heterocycles. The van der Waals surface area contributed by atoms with Gasteiger partial charge in [-0.3, -0.25) is 23.9 Å². The molecule has 12 nitrogen and oxygen atoms in total. The van der Waals surface area contributed by atoms with Crippen molar-refractivity contribution in [2.75, 3.05) is 12.0 Å². The molecule has 0 unspecified atom stereocenters. The maximum absolute atomic E-state index is 14.9. The number of hydrogen-bond acceptors (Lipinski definition) is 9. The summed E-state index contributed by atoms with van der Waals surface area (Å²) in [6, 6.07) is 11.1. The minimum atomic E-state index is -1.28. The summed E-state index contributed by atoms with van der Waals surface area (Å²) in [5.41, 5.74) is 7.19. The van der Waals surface area contributed by atoms with Gasteiger partial charge in [-0.05, 0) is 79.5 Å². The lowest BCUT2D eigenvalue weighted by Crippen LogP contribution is -2.49. The Kier molecular flexibility index (Phi) is 7.74. The highest BCUT2D eigenvalue weighted by Gasteiger charge is 2.67. The molecule has 4 heterocycles. The summed E-state index contributed by atoms with van der Waals surface area (Å²) in [5, 5.41) is 16.5. The van der Waals surface area contributed by atoms with E-state index in [9.17, 15) is 29.1 Å². The standard InChI is InChI=1S/C38H34ClN5O7S/c1-17-22-14-19(39)7-12-29(22)52-32(17)26-16-30(42(3)41-26)43-34(47)25-15-23-20(8-9-21-31(23)35(48)44(33(21)46)37(40)50)24(38(25,2)36(43)49)10-5-18-6-11-27(45)28(13-18)51-4/h5-8,10-14,16,21,23-25,31,45H,9,15H2,1-4H3,(H2,40,50)/t21-,23+,24-,25-,31-,38-/m0/s1. The van der Waals surface area contributed by atoms with E-state index in [1.807, 2.05) is 37.3 Å². The number of fused-ring (bicyclic) bond motifs is 5. The summed E-state index contributed by atoms with van der Waals surface area (Å²) in [6.45, 7) is 3.76.